The van der Waals surface area contributed by atoms with Crippen molar-refractivity contribution in [1.29, 1.82) is 5.26 Å². The molecule has 0 radical (unpaired) electrons. The lowest BCUT2D eigenvalue weighted by atomic mass is 10.1. The molecule has 0 saturated heterocycles. The highest BCUT2D eigenvalue weighted by atomic mass is 19.4. The zero-order chi connectivity index (χ0) is 18.8. The van der Waals surface area contributed by atoms with Crippen LogP contribution in [0.2, 0.25) is 0 Å². The Morgan fingerprint density at radius 3 is 2.52 bits per heavy atom. The second-order valence-electron chi connectivity index (χ2n) is 4.82. The Morgan fingerprint density at radius 1 is 1.32 bits per heavy atom. The van der Waals surface area contributed by atoms with Gasteiger partial charge in [-0.3, -0.25) is 19.8 Å². The Bertz CT molecular complexity index is 890. The van der Waals surface area contributed by atoms with Gasteiger partial charge in [0.05, 0.1) is 33.9 Å². The Labute approximate surface area is 139 Å². The summed E-state index contributed by atoms with van der Waals surface area (Å²) in [5, 5.41) is 19.7. The summed E-state index contributed by atoms with van der Waals surface area (Å²) in [6.07, 6.45) is -3.74. The van der Waals surface area contributed by atoms with Crippen LogP contribution < -0.4 is 4.90 Å². The number of halogens is 3. The molecule has 0 atom stereocenters. The first kappa shape index (κ1) is 17.9. The average molecular weight is 350 g/mol. The number of aromatic nitrogens is 1. The van der Waals surface area contributed by atoms with Crippen molar-refractivity contribution >= 4 is 23.1 Å². The van der Waals surface area contributed by atoms with Crippen molar-refractivity contribution in [3.05, 3.63) is 57.8 Å². The number of amides is 1. The zero-order valence-corrected chi connectivity index (χ0v) is 12.6. The Kier molecular flexibility index (Phi) is 4.69. The number of hydrogen-bond acceptors (Lipinski definition) is 5. The van der Waals surface area contributed by atoms with E-state index in [4.69, 9.17) is 5.26 Å². The van der Waals surface area contributed by atoms with Gasteiger partial charge in [-0.15, -0.1) is 0 Å². The highest BCUT2D eigenvalue weighted by Crippen LogP contribution is 2.36. The van der Waals surface area contributed by atoms with Crippen molar-refractivity contribution in [3.8, 4) is 6.07 Å². The molecule has 1 aromatic carbocycles. The third-order valence-electron chi connectivity index (χ3n) is 3.17. The second kappa shape index (κ2) is 6.56. The maximum atomic E-state index is 13.1. The summed E-state index contributed by atoms with van der Waals surface area (Å²) in [5.41, 5.74) is -2.41. The molecule has 0 saturated carbocycles. The Morgan fingerprint density at radius 2 is 2.00 bits per heavy atom. The summed E-state index contributed by atoms with van der Waals surface area (Å²) in [4.78, 5) is 26.6. The molecular formula is C15H9F3N4O3. The minimum atomic E-state index is -4.81. The number of carbonyl (C=O) groups is 1. The van der Waals surface area contributed by atoms with Gasteiger partial charge in [0.15, 0.2) is 0 Å². The normalized spacial score (nSPS) is 10.8. The van der Waals surface area contributed by atoms with Crippen LogP contribution in [0.25, 0.3) is 0 Å². The molecule has 0 N–H and O–H groups in total. The number of rotatable bonds is 3. The quantitative estimate of drug-likeness (QED) is 0.622. The van der Waals surface area contributed by atoms with Crippen molar-refractivity contribution in [2.45, 2.75) is 13.1 Å². The van der Waals surface area contributed by atoms with Gasteiger partial charge in [0, 0.05) is 19.2 Å². The van der Waals surface area contributed by atoms with Crippen molar-refractivity contribution < 1.29 is 22.9 Å². The van der Waals surface area contributed by atoms with Gasteiger partial charge in [-0.25, -0.2) is 4.98 Å². The number of alkyl halides is 3. The number of carbonyl (C=O) groups excluding carboxylic acids is 1. The molecule has 1 amide bonds. The number of nitriles is 1. The van der Waals surface area contributed by atoms with E-state index in [1.54, 1.807) is 0 Å². The molecule has 0 fully saturated rings. The van der Waals surface area contributed by atoms with E-state index in [0.29, 0.717) is 6.07 Å². The van der Waals surface area contributed by atoms with E-state index in [2.05, 4.69) is 4.98 Å². The first-order valence-electron chi connectivity index (χ1n) is 6.67. The molecule has 0 aliphatic heterocycles. The van der Waals surface area contributed by atoms with Crippen molar-refractivity contribution in [2.24, 2.45) is 0 Å². The third kappa shape index (κ3) is 3.72. The van der Waals surface area contributed by atoms with Gasteiger partial charge < -0.3 is 0 Å². The zero-order valence-electron chi connectivity index (χ0n) is 12.6. The van der Waals surface area contributed by atoms with Gasteiger partial charge in [0.25, 0.3) is 5.69 Å². The van der Waals surface area contributed by atoms with E-state index in [0.717, 1.165) is 42.3 Å². The molecule has 25 heavy (non-hydrogen) atoms. The van der Waals surface area contributed by atoms with Gasteiger partial charge >= 0.3 is 6.18 Å². The smallest absolute Gasteiger partial charge is 0.274 e. The maximum Gasteiger partial charge on any atom is 0.417 e. The van der Waals surface area contributed by atoms with Crippen LogP contribution in [-0.4, -0.2) is 15.8 Å². The van der Waals surface area contributed by atoms with Gasteiger partial charge in [-0.05, 0) is 18.2 Å². The summed E-state index contributed by atoms with van der Waals surface area (Å²) in [7, 11) is 0. The maximum absolute atomic E-state index is 13.1. The lowest BCUT2D eigenvalue weighted by molar-refractivity contribution is -0.384. The summed E-state index contributed by atoms with van der Waals surface area (Å²) in [6.45, 7) is 1.08. The molecule has 1 heterocycles. The largest absolute Gasteiger partial charge is 0.417 e. The highest BCUT2D eigenvalue weighted by molar-refractivity contribution is 5.98. The highest BCUT2D eigenvalue weighted by Gasteiger charge is 2.34. The molecule has 0 unspecified atom stereocenters. The molecule has 0 aliphatic carbocycles. The summed E-state index contributed by atoms with van der Waals surface area (Å²) >= 11 is 0. The Balaban J connectivity index is 2.63. The van der Waals surface area contributed by atoms with Gasteiger partial charge in [0.2, 0.25) is 5.91 Å². The van der Waals surface area contributed by atoms with E-state index in [1.807, 2.05) is 0 Å². The average Bonchev–Trinajstić information content (AvgIpc) is 2.54. The van der Waals surface area contributed by atoms with Crippen LogP contribution in [-0.2, 0) is 11.0 Å². The summed E-state index contributed by atoms with van der Waals surface area (Å²) in [5.74, 6) is -0.912. The van der Waals surface area contributed by atoms with Crippen LogP contribution in [0.3, 0.4) is 0 Å². The van der Waals surface area contributed by atoms with Crippen LogP contribution in [0.4, 0.5) is 30.4 Å². The van der Waals surface area contributed by atoms with E-state index < -0.39 is 28.1 Å². The van der Waals surface area contributed by atoms with E-state index in [-0.39, 0.29) is 17.2 Å². The molecular weight excluding hydrogens is 341 g/mol. The van der Waals surface area contributed by atoms with Crippen LogP contribution in [0.15, 0.2) is 36.5 Å². The molecule has 10 heteroatoms. The lowest BCUT2D eigenvalue weighted by Gasteiger charge is -2.21. The molecule has 0 spiro atoms. The number of nitro groups is 1. The molecule has 128 valence electrons. The number of hydrogen-bond donors (Lipinski definition) is 0. The number of anilines is 2. The molecule has 0 bridgehead atoms. The first-order valence-corrected chi connectivity index (χ1v) is 6.67. The monoisotopic (exact) mass is 350 g/mol. The molecule has 7 nitrogen and oxygen atoms in total. The van der Waals surface area contributed by atoms with Crippen molar-refractivity contribution in [2.75, 3.05) is 4.90 Å². The van der Waals surface area contributed by atoms with Gasteiger partial charge in [0.1, 0.15) is 5.82 Å². The second-order valence-corrected chi connectivity index (χ2v) is 4.82. The van der Waals surface area contributed by atoms with Crippen LogP contribution in [0.1, 0.15) is 18.1 Å². The summed E-state index contributed by atoms with van der Waals surface area (Å²) < 4.78 is 39.3. The SMILES string of the molecule is CC(=O)N(c1ccc(C#N)c(C(F)(F)F)c1)c1cc([N+](=O)[O-])ccn1. The van der Waals surface area contributed by atoms with E-state index in [1.165, 1.54) is 6.07 Å². The number of pyridine rings is 1. The molecule has 2 aromatic rings. The number of nitrogens with zero attached hydrogens (tertiary/aromatic N) is 4. The van der Waals surface area contributed by atoms with Crippen molar-refractivity contribution in [1.82, 2.24) is 4.98 Å². The first-order chi connectivity index (χ1) is 11.6. The fourth-order valence-electron chi connectivity index (χ4n) is 2.12. The standard InChI is InChI=1S/C15H9F3N4O3/c1-9(23)21(14-7-12(22(24)25)4-5-20-14)11-3-2-10(8-19)13(6-11)15(16,17)18/h2-7H,1H3. The fourth-order valence-corrected chi connectivity index (χ4v) is 2.12. The number of benzene rings is 1. The van der Waals surface area contributed by atoms with Gasteiger partial charge in [-0.1, -0.05) is 0 Å². The third-order valence-corrected chi connectivity index (χ3v) is 3.17. The minimum absolute atomic E-state index is 0.209. The fraction of sp³-hybridized carbons (Fsp3) is 0.133. The van der Waals surface area contributed by atoms with Crippen LogP contribution in [0.5, 0.6) is 0 Å². The topological polar surface area (TPSA) is 100 Å². The predicted molar refractivity (Wildman–Crippen MR) is 79.9 cm³/mol. The van der Waals surface area contributed by atoms with Gasteiger partial charge in [-0.2, -0.15) is 18.4 Å². The molecule has 0 aliphatic rings. The molecule has 2 rings (SSSR count). The molecule has 1 aromatic heterocycles. The predicted octanol–water partition coefficient (Wildman–Crippen LogP) is 3.56. The summed E-state index contributed by atoms with van der Waals surface area (Å²) in [6, 6.07) is 6.17. The van der Waals surface area contributed by atoms with E-state index >= 15 is 0 Å². The van der Waals surface area contributed by atoms with E-state index in [9.17, 15) is 28.1 Å². The van der Waals surface area contributed by atoms with Crippen molar-refractivity contribution in [3.63, 3.8) is 0 Å². The lowest BCUT2D eigenvalue weighted by Crippen LogP contribution is -2.24. The minimum Gasteiger partial charge on any atom is -0.274 e. The van der Waals surface area contributed by atoms with Crippen LogP contribution in [0, 0.1) is 21.4 Å². The van der Waals surface area contributed by atoms with Crippen LogP contribution >= 0.6 is 0 Å². The Hall–Kier alpha value is -3.48.